The molecule has 0 fully saturated rings. The van der Waals surface area contributed by atoms with Crippen LogP contribution in [0.4, 0.5) is 0 Å². The number of furan rings is 1. The third-order valence-corrected chi connectivity index (χ3v) is 11.6. The van der Waals surface area contributed by atoms with E-state index < -0.39 is 0 Å². The van der Waals surface area contributed by atoms with Gasteiger partial charge in [-0.05, 0) is 102 Å². The number of hydrogen-bond acceptors (Lipinski definition) is 2. The Morgan fingerprint density at radius 2 is 0.920 bits per heavy atom. The molecule has 0 amide bonds. The molecular formula is C48H28OS. The van der Waals surface area contributed by atoms with Gasteiger partial charge in [0.25, 0.3) is 0 Å². The van der Waals surface area contributed by atoms with Gasteiger partial charge in [-0.2, -0.15) is 0 Å². The SMILES string of the molecule is c1ccc(-c2c3ccccc3c(-c3cccc(-c4ccc5sc6c(ccc7c8cc9ccccc9cc8oc76)c5c4)c3)c3ccccc23)cc1. The van der Waals surface area contributed by atoms with Crippen LogP contribution in [0.2, 0.25) is 0 Å². The van der Waals surface area contributed by atoms with E-state index in [1.165, 1.54) is 96.6 Å². The molecule has 50 heavy (non-hydrogen) atoms. The van der Waals surface area contributed by atoms with Crippen LogP contribution >= 0.6 is 11.3 Å². The molecule has 0 aliphatic heterocycles. The highest BCUT2D eigenvalue weighted by Gasteiger charge is 2.18. The van der Waals surface area contributed by atoms with E-state index >= 15 is 0 Å². The maximum atomic E-state index is 6.60. The van der Waals surface area contributed by atoms with Gasteiger partial charge in [-0.15, -0.1) is 11.3 Å². The summed E-state index contributed by atoms with van der Waals surface area (Å²) in [6.07, 6.45) is 0. The quantitative estimate of drug-likeness (QED) is 0.173. The van der Waals surface area contributed by atoms with Crippen molar-refractivity contribution in [3.63, 3.8) is 0 Å². The van der Waals surface area contributed by atoms with E-state index in [0.29, 0.717) is 0 Å². The molecule has 0 saturated carbocycles. The van der Waals surface area contributed by atoms with Gasteiger partial charge >= 0.3 is 0 Å². The Balaban J connectivity index is 1.09. The van der Waals surface area contributed by atoms with Gasteiger partial charge < -0.3 is 4.42 Å². The molecule has 0 spiro atoms. The lowest BCUT2D eigenvalue weighted by molar-refractivity contribution is 0.674. The van der Waals surface area contributed by atoms with Crippen LogP contribution in [-0.2, 0) is 0 Å². The lowest BCUT2D eigenvalue weighted by Crippen LogP contribution is -1.91. The number of rotatable bonds is 3. The summed E-state index contributed by atoms with van der Waals surface area (Å²) < 4.78 is 9.08. The average molecular weight is 653 g/mol. The molecule has 11 rings (SSSR count). The van der Waals surface area contributed by atoms with Crippen LogP contribution in [0.25, 0.3) is 108 Å². The van der Waals surface area contributed by atoms with Crippen LogP contribution in [0.3, 0.4) is 0 Å². The van der Waals surface area contributed by atoms with Gasteiger partial charge in [0.2, 0.25) is 0 Å². The van der Waals surface area contributed by atoms with Crippen molar-refractivity contribution in [3.8, 4) is 33.4 Å². The summed E-state index contributed by atoms with van der Waals surface area (Å²) in [5.74, 6) is 0. The van der Waals surface area contributed by atoms with Gasteiger partial charge in [-0.25, -0.2) is 0 Å². The Labute approximate surface area is 292 Å². The van der Waals surface area contributed by atoms with E-state index in [1.807, 2.05) is 11.3 Å². The van der Waals surface area contributed by atoms with Gasteiger partial charge in [0.15, 0.2) is 5.58 Å². The Morgan fingerprint density at radius 3 is 1.66 bits per heavy atom. The first-order valence-corrected chi connectivity index (χ1v) is 17.9. The molecule has 0 atom stereocenters. The largest absolute Gasteiger partial charge is 0.455 e. The summed E-state index contributed by atoms with van der Waals surface area (Å²) in [4.78, 5) is 0. The van der Waals surface area contributed by atoms with E-state index in [9.17, 15) is 0 Å². The van der Waals surface area contributed by atoms with Crippen molar-refractivity contribution in [2.45, 2.75) is 0 Å². The lowest BCUT2D eigenvalue weighted by Gasteiger charge is -2.18. The fourth-order valence-corrected chi connectivity index (χ4v) is 9.31. The second-order valence-corrected chi connectivity index (χ2v) is 14.3. The fraction of sp³-hybridized carbons (Fsp3) is 0. The molecule has 2 aromatic heterocycles. The average Bonchev–Trinajstić information content (AvgIpc) is 3.74. The second-order valence-electron chi connectivity index (χ2n) is 13.2. The van der Waals surface area contributed by atoms with Crippen LogP contribution in [0, 0.1) is 0 Å². The molecule has 0 unspecified atom stereocenters. The molecule has 0 saturated heterocycles. The normalized spacial score (nSPS) is 12.0. The maximum absolute atomic E-state index is 6.60. The first-order valence-electron chi connectivity index (χ1n) is 17.1. The summed E-state index contributed by atoms with van der Waals surface area (Å²) in [5.41, 5.74) is 9.38. The van der Waals surface area contributed by atoms with Crippen LogP contribution in [0.1, 0.15) is 0 Å². The van der Waals surface area contributed by atoms with Crippen molar-refractivity contribution in [1.82, 2.24) is 0 Å². The first-order chi connectivity index (χ1) is 24.8. The van der Waals surface area contributed by atoms with Crippen molar-refractivity contribution < 1.29 is 4.42 Å². The third kappa shape index (κ3) is 4.06. The topological polar surface area (TPSA) is 13.1 Å². The maximum Gasteiger partial charge on any atom is 0.153 e. The minimum absolute atomic E-state index is 0.943. The highest BCUT2D eigenvalue weighted by Crippen LogP contribution is 2.46. The van der Waals surface area contributed by atoms with Gasteiger partial charge in [-0.3, -0.25) is 0 Å². The monoisotopic (exact) mass is 652 g/mol. The van der Waals surface area contributed by atoms with Crippen LogP contribution in [-0.4, -0.2) is 0 Å². The van der Waals surface area contributed by atoms with Crippen LogP contribution < -0.4 is 0 Å². The van der Waals surface area contributed by atoms with Crippen molar-refractivity contribution in [1.29, 1.82) is 0 Å². The number of hydrogen-bond donors (Lipinski definition) is 0. The summed E-state index contributed by atoms with van der Waals surface area (Å²) >= 11 is 1.82. The smallest absolute Gasteiger partial charge is 0.153 e. The van der Waals surface area contributed by atoms with Crippen molar-refractivity contribution in [3.05, 3.63) is 170 Å². The van der Waals surface area contributed by atoms with Crippen molar-refractivity contribution >= 4 is 85.8 Å². The lowest BCUT2D eigenvalue weighted by atomic mass is 9.85. The number of fused-ring (bicyclic) bond motifs is 10. The van der Waals surface area contributed by atoms with Gasteiger partial charge in [-0.1, -0.05) is 133 Å². The molecule has 2 heteroatoms. The van der Waals surface area contributed by atoms with Crippen molar-refractivity contribution in [2.75, 3.05) is 0 Å². The summed E-state index contributed by atoms with van der Waals surface area (Å²) in [6.45, 7) is 0. The van der Waals surface area contributed by atoms with E-state index in [1.54, 1.807) is 0 Å². The summed E-state index contributed by atoms with van der Waals surface area (Å²) in [7, 11) is 0. The van der Waals surface area contributed by atoms with Gasteiger partial charge in [0.1, 0.15) is 5.58 Å². The molecule has 0 aliphatic carbocycles. The van der Waals surface area contributed by atoms with E-state index in [2.05, 4.69) is 170 Å². The van der Waals surface area contributed by atoms with E-state index in [0.717, 1.165) is 11.2 Å². The van der Waals surface area contributed by atoms with Crippen LogP contribution in [0.15, 0.2) is 174 Å². The van der Waals surface area contributed by atoms with Gasteiger partial charge in [0.05, 0.1) is 4.70 Å². The molecule has 0 N–H and O–H groups in total. The fourth-order valence-electron chi connectivity index (χ4n) is 8.14. The zero-order valence-corrected chi connectivity index (χ0v) is 27.8. The van der Waals surface area contributed by atoms with Gasteiger partial charge in [0, 0.05) is 26.2 Å². The Bertz CT molecular complexity index is 3090. The van der Waals surface area contributed by atoms with E-state index in [-0.39, 0.29) is 0 Å². The summed E-state index contributed by atoms with van der Waals surface area (Å²) in [6, 6.07) is 62.0. The highest BCUT2D eigenvalue weighted by atomic mass is 32.1. The van der Waals surface area contributed by atoms with E-state index in [4.69, 9.17) is 4.42 Å². The molecule has 9 aromatic carbocycles. The second kappa shape index (κ2) is 10.6. The zero-order valence-electron chi connectivity index (χ0n) is 27.0. The Kier molecular flexibility index (Phi) is 5.89. The molecule has 232 valence electrons. The molecule has 2 heterocycles. The van der Waals surface area contributed by atoms with Crippen molar-refractivity contribution in [2.24, 2.45) is 0 Å². The molecular weight excluding hydrogens is 625 g/mol. The highest BCUT2D eigenvalue weighted by molar-refractivity contribution is 7.26. The Hall–Kier alpha value is -6.22. The van der Waals surface area contributed by atoms with Crippen LogP contribution in [0.5, 0.6) is 0 Å². The predicted octanol–water partition coefficient (Wildman–Crippen LogP) is 14.4. The number of thiophene rings is 1. The zero-order chi connectivity index (χ0) is 32.8. The molecule has 0 aliphatic rings. The summed E-state index contributed by atoms with van der Waals surface area (Å²) in [5, 5.41) is 12.4. The standard InChI is InChI=1S/C48H28OS/c1-2-11-29(12-3-1)45-35-17-6-8-19-37(35)46(38-20-9-7-18-36(38)45)34-16-10-15-30(25-34)33-21-24-44-42(27-33)40-23-22-39-41-26-31-13-4-5-14-32(31)28-43(41)49-47(39)48(40)50-44/h1-28H. The Morgan fingerprint density at radius 1 is 0.340 bits per heavy atom. The molecule has 11 aromatic rings. The molecule has 0 radical (unpaired) electrons. The minimum Gasteiger partial charge on any atom is -0.455 e. The minimum atomic E-state index is 0.943. The predicted molar refractivity (Wildman–Crippen MR) is 215 cm³/mol. The first kappa shape index (κ1) is 27.7. The third-order valence-electron chi connectivity index (χ3n) is 10.4. The molecule has 0 bridgehead atoms. The number of benzene rings is 9. The molecule has 1 nitrogen and oxygen atoms in total.